The predicted molar refractivity (Wildman–Crippen MR) is 155 cm³/mol. The second-order valence-electron chi connectivity index (χ2n) is 11.1. The first-order valence-electron chi connectivity index (χ1n) is 13.3. The van der Waals surface area contributed by atoms with E-state index < -0.39 is 38.9 Å². The van der Waals surface area contributed by atoms with E-state index in [2.05, 4.69) is 15.5 Å². The van der Waals surface area contributed by atoms with Gasteiger partial charge in [0.1, 0.15) is 6.04 Å². The van der Waals surface area contributed by atoms with Gasteiger partial charge in [-0.05, 0) is 63.9 Å². The first-order valence-corrected chi connectivity index (χ1v) is 16.3. The van der Waals surface area contributed by atoms with Crippen molar-refractivity contribution >= 4 is 33.6 Å². The maximum Gasteiger partial charge on any atom is 0.244 e. The maximum atomic E-state index is 13.7. The second-order valence-corrected chi connectivity index (χ2v) is 14.6. The van der Waals surface area contributed by atoms with Crippen LogP contribution >= 0.6 is 11.8 Å². The Bertz CT molecular complexity index is 998. The Morgan fingerprint density at radius 1 is 1.11 bits per heavy atom. The zero-order valence-corrected chi connectivity index (χ0v) is 25.3. The molecule has 11 heteroatoms. The van der Waals surface area contributed by atoms with Crippen molar-refractivity contribution in [1.82, 2.24) is 19.8 Å². The average molecular weight is 571 g/mol. The number of hydrogen-bond acceptors (Lipinski definition) is 7. The first-order chi connectivity index (χ1) is 17.7. The summed E-state index contributed by atoms with van der Waals surface area (Å²) in [7, 11) is -3.57. The van der Waals surface area contributed by atoms with Gasteiger partial charge in [0.05, 0.1) is 24.9 Å². The molecule has 38 heavy (non-hydrogen) atoms. The van der Waals surface area contributed by atoms with Gasteiger partial charge in [0.25, 0.3) is 0 Å². The van der Waals surface area contributed by atoms with Crippen molar-refractivity contribution in [3.8, 4) is 0 Å². The van der Waals surface area contributed by atoms with Crippen LogP contribution in [0.5, 0.6) is 0 Å². The van der Waals surface area contributed by atoms with Crippen LogP contribution in [0.1, 0.15) is 46.1 Å². The smallest absolute Gasteiger partial charge is 0.244 e. The molecule has 3 N–H and O–H groups in total. The van der Waals surface area contributed by atoms with Crippen molar-refractivity contribution in [3.63, 3.8) is 0 Å². The Balaban J connectivity index is 2.27. The van der Waals surface area contributed by atoms with Crippen molar-refractivity contribution in [2.45, 2.75) is 69.9 Å². The summed E-state index contributed by atoms with van der Waals surface area (Å²) in [6.07, 6.45) is 4.29. The van der Waals surface area contributed by atoms with E-state index in [0.717, 1.165) is 37.8 Å². The lowest BCUT2D eigenvalue weighted by Crippen LogP contribution is -2.61. The monoisotopic (exact) mass is 570 g/mol. The molecule has 1 fully saturated rings. The largest absolute Gasteiger partial charge is 0.390 e. The number of thioether (sulfide) groups is 1. The Kier molecular flexibility index (Phi) is 12.5. The fraction of sp³-hybridized carbons (Fsp3) is 0.704. The van der Waals surface area contributed by atoms with Crippen LogP contribution in [0, 0.1) is 5.92 Å². The Morgan fingerprint density at radius 2 is 1.71 bits per heavy atom. The average Bonchev–Trinajstić information content (AvgIpc) is 3.34. The normalized spacial score (nSPS) is 17.4. The van der Waals surface area contributed by atoms with Crippen LogP contribution in [0.2, 0.25) is 0 Å². The van der Waals surface area contributed by atoms with Crippen molar-refractivity contribution in [2.75, 3.05) is 45.2 Å². The molecule has 9 nitrogen and oxygen atoms in total. The standard InChI is InChI=1S/C27H46N4O5S2/c1-20(2)17-31(38(6,35)36)18-23(32)22(16-21-12-8-7-9-13-21)28-26(34)25(27(3,4)37-5)29-24(33)19-30-14-10-11-15-30/h7-9,12-13,20,22-23,25,32H,10-11,14-19H2,1-6H3,(H,28,34)(H,29,33)/t22-,23+,25+/m0/s1. The molecule has 0 bridgehead atoms. The first kappa shape index (κ1) is 32.6. The van der Waals surface area contributed by atoms with Gasteiger partial charge >= 0.3 is 0 Å². The summed E-state index contributed by atoms with van der Waals surface area (Å²) < 4.78 is 25.5. The van der Waals surface area contributed by atoms with E-state index in [-0.39, 0.29) is 31.5 Å². The van der Waals surface area contributed by atoms with Crippen molar-refractivity contribution in [3.05, 3.63) is 35.9 Å². The molecule has 1 saturated heterocycles. The molecule has 3 atom stereocenters. The number of aliphatic hydroxyl groups excluding tert-OH is 1. The van der Waals surface area contributed by atoms with E-state index in [1.54, 1.807) is 0 Å². The number of benzene rings is 1. The lowest BCUT2D eigenvalue weighted by Gasteiger charge is -2.35. The highest BCUT2D eigenvalue weighted by Gasteiger charge is 2.38. The number of nitrogens with zero attached hydrogens (tertiary/aromatic N) is 2. The van der Waals surface area contributed by atoms with E-state index in [9.17, 15) is 23.1 Å². The van der Waals surface area contributed by atoms with E-state index in [0.29, 0.717) is 6.42 Å². The van der Waals surface area contributed by atoms with E-state index in [1.165, 1.54) is 16.1 Å². The van der Waals surface area contributed by atoms with Crippen molar-refractivity contribution in [1.29, 1.82) is 0 Å². The number of hydrogen-bond donors (Lipinski definition) is 3. The number of nitrogens with one attached hydrogen (secondary N) is 2. The molecule has 1 aromatic rings. The summed E-state index contributed by atoms with van der Waals surface area (Å²) in [6, 6.07) is 7.82. The number of sulfonamides is 1. The van der Waals surface area contributed by atoms with Gasteiger partial charge in [-0.15, -0.1) is 0 Å². The van der Waals surface area contributed by atoms with Crippen LogP contribution in [-0.4, -0.2) is 103 Å². The highest BCUT2D eigenvalue weighted by Crippen LogP contribution is 2.26. The Morgan fingerprint density at radius 3 is 2.24 bits per heavy atom. The topological polar surface area (TPSA) is 119 Å². The maximum absolute atomic E-state index is 13.7. The third-order valence-electron chi connectivity index (χ3n) is 6.87. The SMILES string of the molecule is CSC(C)(C)[C@H](NC(=O)CN1CCCC1)C(=O)N[C@@H](Cc1ccccc1)[C@H](O)CN(CC(C)C)S(C)(=O)=O. The fourth-order valence-electron chi connectivity index (χ4n) is 4.53. The van der Waals surface area contributed by atoms with Gasteiger partial charge in [-0.3, -0.25) is 14.5 Å². The van der Waals surface area contributed by atoms with Gasteiger partial charge in [-0.25, -0.2) is 8.42 Å². The Hall–Kier alpha value is -1.66. The minimum Gasteiger partial charge on any atom is -0.390 e. The highest BCUT2D eigenvalue weighted by atomic mass is 32.2. The van der Waals surface area contributed by atoms with Crippen LogP contribution in [-0.2, 0) is 26.0 Å². The third-order valence-corrected chi connectivity index (χ3v) is 9.40. The van der Waals surface area contributed by atoms with Crippen LogP contribution in [0.3, 0.4) is 0 Å². The van der Waals surface area contributed by atoms with E-state index >= 15 is 0 Å². The molecule has 2 amide bonds. The van der Waals surface area contributed by atoms with Crippen molar-refractivity contribution < 1.29 is 23.1 Å². The highest BCUT2D eigenvalue weighted by molar-refractivity contribution is 8.00. The molecule has 0 aromatic heterocycles. The summed E-state index contributed by atoms with van der Waals surface area (Å²) in [5.41, 5.74) is 0.894. The minimum atomic E-state index is -3.57. The molecular weight excluding hydrogens is 524 g/mol. The summed E-state index contributed by atoms with van der Waals surface area (Å²) in [5.74, 6) is -0.556. The van der Waals surface area contributed by atoms with Gasteiger partial charge in [-0.1, -0.05) is 44.2 Å². The molecule has 0 spiro atoms. The zero-order valence-electron chi connectivity index (χ0n) is 23.6. The molecule has 0 aliphatic carbocycles. The number of aliphatic hydroxyl groups is 1. The summed E-state index contributed by atoms with van der Waals surface area (Å²) >= 11 is 1.47. The van der Waals surface area contributed by atoms with Gasteiger partial charge in [0.15, 0.2) is 0 Å². The number of likely N-dealkylation sites (tertiary alicyclic amines) is 1. The summed E-state index contributed by atoms with van der Waals surface area (Å²) in [5, 5.41) is 17.2. The van der Waals surface area contributed by atoms with Crippen LogP contribution < -0.4 is 10.6 Å². The van der Waals surface area contributed by atoms with Crippen LogP contribution in [0.25, 0.3) is 0 Å². The summed E-state index contributed by atoms with van der Waals surface area (Å²) in [4.78, 5) is 28.6. The quantitative estimate of drug-likeness (QED) is 0.294. The molecule has 0 unspecified atom stereocenters. The predicted octanol–water partition coefficient (Wildman–Crippen LogP) is 1.71. The molecular formula is C27H46N4O5S2. The number of amides is 2. The van der Waals surface area contributed by atoms with Crippen molar-refractivity contribution in [2.24, 2.45) is 5.92 Å². The third kappa shape index (κ3) is 10.5. The molecule has 0 radical (unpaired) electrons. The number of rotatable bonds is 15. The number of carbonyl (C=O) groups excluding carboxylic acids is 2. The molecule has 0 saturated carbocycles. The molecule has 2 rings (SSSR count). The van der Waals surface area contributed by atoms with Crippen LogP contribution in [0.15, 0.2) is 30.3 Å². The van der Waals surface area contributed by atoms with Gasteiger partial charge in [0.2, 0.25) is 21.8 Å². The molecule has 1 aliphatic rings. The van der Waals surface area contributed by atoms with Gasteiger partial charge < -0.3 is 15.7 Å². The molecule has 216 valence electrons. The lowest BCUT2D eigenvalue weighted by molar-refractivity contribution is -0.131. The molecule has 1 aliphatic heterocycles. The minimum absolute atomic E-state index is 0.0664. The van der Waals surface area contributed by atoms with Gasteiger partial charge in [-0.2, -0.15) is 16.1 Å². The van der Waals surface area contributed by atoms with Crippen LogP contribution in [0.4, 0.5) is 0 Å². The summed E-state index contributed by atoms with van der Waals surface area (Å²) in [6.45, 7) is 9.71. The molecule has 1 aromatic carbocycles. The zero-order chi connectivity index (χ0) is 28.5. The lowest BCUT2D eigenvalue weighted by atomic mass is 9.98. The fourth-order valence-corrected chi connectivity index (χ4v) is 5.92. The van der Waals surface area contributed by atoms with E-state index in [4.69, 9.17) is 0 Å². The number of carbonyl (C=O) groups is 2. The second kappa shape index (κ2) is 14.6. The van der Waals surface area contributed by atoms with Gasteiger partial charge in [0, 0.05) is 17.8 Å². The molecule has 1 heterocycles. The Labute approximate surface area is 233 Å². The van der Waals surface area contributed by atoms with E-state index in [1.807, 2.05) is 64.3 Å².